The molecule has 0 spiro atoms. The van der Waals surface area contributed by atoms with Crippen molar-refractivity contribution in [2.24, 2.45) is 0 Å². The van der Waals surface area contributed by atoms with Gasteiger partial charge in [0.2, 0.25) is 0 Å². The Balaban J connectivity index is 2.37. The number of rotatable bonds is 5. The molecule has 14 heavy (non-hydrogen) atoms. The Morgan fingerprint density at radius 3 is 3.07 bits per heavy atom. The van der Waals surface area contributed by atoms with Crippen LogP contribution in [0.15, 0.2) is 11.4 Å². The zero-order valence-electron chi connectivity index (χ0n) is 7.40. The van der Waals surface area contributed by atoms with Gasteiger partial charge in [-0.05, 0) is 6.42 Å². The highest BCUT2D eigenvalue weighted by atomic mass is 32.1. The third-order valence-corrected chi connectivity index (χ3v) is 2.38. The van der Waals surface area contributed by atoms with Crippen LogP contribution in [0.25, 0.3) is 0 Å². The highest BCUT2D eigenvalue weighted by molar-refractivity contribution is 7.12. The summed E-state index contributed by atoms with van der Waals surface area (Å²) in [6, 6.07) is 3.49. The van der Waals surface area contributed by atoms with E-state index in [1.165, 1.54) is 6.07 Å². The maximum Gasteiger partial charge on any atom is 0.346 e. The fourth-order valence-electron chi connectivity index (χ4n) is 0.848. The van der Waals surface area contributed by atoms with E-state index >= 15 is 0 Å². The van der Waals surface area contributed by atoms with Crippen molar-refractivity contribution >= 4 is 17.3 Å². The second-order valence-electron chi connectivity index (χ2n) is 2.56. The first-order chi connectivity index (χ1) is 6.74. The van der Waals surface area contributed by atoms with Gasteiger partial charge in [-0.2, -0.15) is 5.26 Å². The van der Waals surface area contributed by atoms with Gasteiger partial charge in [0.15, 0.2) is 0 Å². The van der Waals surface area contributed by atoms with E-state index in [4.69, 9.17) is 15.1 Å². The van der Waals surface area contributed by atoms with E-state index in [1.807, 2.05) is 6.07 Å². The molecule has 74 valence electrons. The highest BCUT2D eigenvalue weighted by Crippen LogP contribution is 2.21. The van der Waals surface area contributed by atoms with Crippen LogP contribution in [0.3, 0.4) is 0 Å². The molecule has 0 atom stereocenters. The average Bonchev–Trinajstić information content (AvgIpc) is 2.61. The monoisotopic (exact) mass is 211 g/mol. The first kappa shape index (κ1) is 10.5. The quantitative estimate of drug-likeness (QED) is 0.757. The zero-order valence-corrected chi connectivity index (χ0v) is 8.21. The molecular weight excluding hydrogens is 202 g/mol. The summed E-state index contributed by atoms with van der Waals surface area (Å²) in [5, 5.41) is 18.5. The van der Waals surface area contributed by atoms with Gasteiger partial charge in [0.1, 0.15) is 10.6 Å². The van der Waals surface area contributed by atoms with Crippen LogP contribution in [-0.4, -0.2) is 17.7 Å². The maximum absolute atomic E-state index is 10.5. The molecule has 0 saturated carbocycles. The predicted octanol–water partition coefficient (Wildman–Crippen LogP) is 2.13. The standard InChI is InChI=1S/C9H9NO3S/c10-3-1-2-4-13-7-5-8(9(11)12)14-6-7/h5-6H,1-2,4H2,(H,11,12). The van der Waals surface area contributed by atoms with Crippen molar-refractivity contribution in [3.8, 4) is 11.8 Å². The molecule has 1 heterocycles. The van der Waals surface area contributed by atoms with E-state index in [1.54, 1.807) is 5.38 Å². The van der Waals surface area contributed by atoms with Gasteiger partial charge in [-0.15, -0.1) is 11.3 Å². The van der Waals surface area contributed by atoms with Gasteiger partial charge in [-0.3, -0.25) is 0 Å². The molecule has 0 radical (unpaired) electrons. The van der Waals surface area contributed by atoms with Gasteiger partial charge < -0.3 is 9.84 Å². The van der Waals surface area contributed by atoms with E-state index in [9.17, 15) is 4.79 Å². The summed E-state index contributed by atoms with van der Waals surface area (Å²) in [7, 11) is 0. The van der Waals surface area contributed by atoms with Gasteiger partial charge in [0.25, 0.3) is 0 Å². The molecule has 5 heteroatoms. The smallest absolute Gasteiger partial charge is 0.346 e. The molecule has 0 bridgehead atoms. The Morgan fingerprint density at radius 2 is 2.50 bits per heavy atom. The highest BCUT2D eigenvalue weighted by Gasteiger charge is 2.06. The molecule has 0 aliphatic carbocycles. The Morgan fingerprint density at radius 1 is 1.71 bits per heavy atom. The molecule has 0 saturated heterocycles. The summed E-state index contributed by atoms with van der Waals surface area (Å²) in [6.07, 6.45) is 1.12. The fraction of sp³-hybridized carbons (Fsp3) is 0.333. The average molecular weight is 211 g/mol. The number of carbonyl (C=O) groups is 1. The van der Waals surface area contributed by atoms with E-state index in [0.29, 0.717) is 25.2 Å². The van der Waals surface area contributed by atoms with Gasteiger partial charge in [0, 0.05) is 17.9 Å². The molecule has 1 rings (SSSR count). The third kappa shape index (κ3) is 3.07. The van der Waals surface area contributed by atoms with Crippen molar-refractivity contribution in [2.75, 3.05) is 6.61 Å². The summed E-state index contributed by atoms with van der Waals surface area (Å²) in [4.78, 5) is 10.8. The molecule has 1 N–H and O–H groups in total. The van der Waals surface area contributed by atoms with E-state index in [0.717, 1.165) is 11.3 Å². The second-order valence-corrected chi connectivity index (χ2v) is 3.47. The first-order valence-corrected chi connectivity index (χ1v) is 4.93. The minimum Gasteiger partial charge on any atom is -0.493 e. The van der Waals surface area contributed by atoms with Crippen molar-refractivity contribution in [3.05, 3.63) is 16.3 Å². The lowest BCUT2D eigenvalue weighted by molar-refractivity contribution is 0.0702. The van der Waals surface area contributed by atoms with Crippen molar-refractivity contribution < 1.29 is 14.6 Å². The zero-order chi connectivity index (χ0) is 10.4. The number of carboxylic acid groups (broad SMARTS) is 1. The Hall–Kier alpha value is -1.54. The van der Waals surface area contributed by atoms with Gasteiger partial charge in [0.05, 0.1) is 12.7 Å². The van der Waals surface area contributed by atoms with E-state index in [2.05, 4.69) is 0 Å². The van der Waals surface area contributed by atoms with Crippen molar-refractivity contribution in [2.45, 2.75) is 12.8 Å². The van der Waals surface area contributed by atoms with Crippen molar-refractivity contribution in [1.82, 2.24) is 0 Å². The molecule has 1 aromatic rings. The SMILES string of the molecule is N#CCCCOc1csc(C(=O)O)c1. The number of unbranched alkanes of at least 4 members (excludes halogenated alkanes) is 1. The Kier molecular flexibility index (Phi) is 3.95. The normalized spacial score (nSPS) is 9.36. The summed E-state index contributed by atoms with van der Waals surface area (Å²) in [6.45, 7) is 0.448. The van der Waals surface area contributed by atoms with Gasteiger partial charge in [-0.1, -0.05) is 0 Å². The number of hydrogen-bond acceptors (Lipinski definition) is 4. The van der Waals surface area contributed by atoms with Crippen LogP contribution in [0, 0.1) is 11.3 Å². The first-order valence-electron chi connectivity index (χ1n) is 4.05. The summed E-state index contributed by atoms with van der Waals surface area (Å²) in [5.74, 6) is -0.382. The number of ether oxygens (including phenoxy) is 1. The lowest BCUT2D eigenvalue weighted by Gasteiger charge is -1.99. The number of carboxylic acids is 1. The number of thiophene rings is 1. The molecular formula is C9H9NO3S. The van der Waals surface area contributed by atoms with E-state index in [-0.39, 0.29) is 4.88 Å². The number of hydrogen-bond donors (Lipinski definition) is 1. The second kappa shape index (κ2) is 5.25. The lowest BCUT2D eigenvalue weighted by Crippen LogP contribution is -1.95. The minimum absolute atomic E-state index is 0.264. The topological polar surface area (TPSA) is 70.3 Å². The van der Waals surface area contributed by atoms with Crippen LogP contribution in [0.5, 0.6) is 5.75 Å². The van der Waals surface area contributed by atoms with Crippen molar-refractivity contribution in [1.29, 1.82) is 5.26 Å². The third-order valence-electron chi connectivity index (χ3n) is 1.49. The van der Waals surface area contributed by atoms with Crippen LogP contribution in [0.1, 0.15) is 22.5 Å². The molecule has 0 unspecified atom stereocenters. The Bertz CT molecular complexity index is 353. The largest absolute Gasteiger partial charge is 0.493 e. The summed E-state index contributed by atoms with van der Waals surface area (Å²) < 4.78 is 5.23. The number of nitriles is 1. The maximum atomic E-state index is 10.5. The lowest BCUT2D eigenvalue weighted by atomic mass is 10.3. The fourth-order valence-corrected chi connectivity index (χ4v) is 1.51. The molecule has 1 aromatic heterocycles. The van der Waals surface area contributed by atoms with E-state index < -0.39 is 5.97 Å². The van der Waals surface area contributed by atoms with Crippen LogP contribution >= 0.6 is 11.3 Å². The molecule has 0 amide bonds. The minimum atomic E-state index is -0.943. The number of aromatic carboxylic acids is 1. The molecule has 4 nitrogen and oxygen atoms in total. The van der Waals surface area contributed by atoms with Gasteiger partial charge >= 0.3 is 5.97 Å². The van der Waals surface area contributed by atoms with Gasteiger partial charge in [-0.25, -0.2) is 4.79 Å². The molecule has 0 aromatic carbocycles. The van der Waals surface area contributed by atoms with Crippen LogP contribution < -0.4 is 4.74 Å². The molecule has 0 fully saturated rings. The predicted molar refractivity (Wildman–Crippen MR) is 51.6 cm³/mol. The van der Waals surface area contributed by atoms with Crippen LogP contribution in [0.4, 0.5) is 0 Å². The Labute approximate surface area is 85.4 Å². The van der Waals surface area contributed by atoms with Crippen LogP contribution in [0.2, 0.25) is 0 Å². The van der Waals surface area contributed by atoms with Crippen molar-refractivity contribution in [3.63, 3.8) is 0 Å². The molecule has 0 aliphatic rings. The molecule has 0 aliphatic heterocycles. The summed E-state index contributed by atoms with van der Waals surface area (Å²) in [5.41, 5.74) is 0. The van der Waals surface area contributed by atoms with Crippen LogP contribution in [-0.2, 0) is 0 Å². The number of nitrogens with zero attached hydrogens (tertiary/aromatic N) is 1. The summed E-state index contributed by atoms with van der Waals surface area (Å²) >= 11 is 1.13.